The fourth-order valence-electron chi connectivity index (χ4n) is 3.43. The summed E-state index contributed by atoms with van der Waals surface area (Å²) in [5.41, 5.74) is 1.57. The molecule has 146 valence electrons. The van der Waals surface area contributed by atoms with Crippen LogP contribution in [0.25, 0.3) is 11.0 Å². The molecule has 1 aliphatic rings. The van der Waals surface area contributed by atoms with E-state index in [1.807, 2.05) is 25.4 Å². The number of carbonyl (C=O) groups excluding carboxylic acids is 1. The van der Waals surface area contributed by atoms with E-state index in [0.717, 1.165) is 55.3 Å². The maximum atomic E-state index is 12.2. The molecule has 2 aromatic heterocycles. The van der Waals surface area contributed by atoms with E-state index in [1.54, 1.807) is 23.1 Å². The Hall–Kier alpha value is -2.71. The second-order valence-corrected chi connectivity index (χ2v) is 7.28. The summed E-state index contributed by atoms with van der Waals surface area (Å²) in [5.74, 6) is 0.925. The summed E-state index contributed by atoms with van der Waals surface area (Å²) < 4.78 is 1.76. The number of hydrogen-bond donors (Lipinski definition) is 1. The van der Waals surface area contributed by atoms with Crippen molar-refractivity contribution < 1.29 is 4.79 Å². The normalized spacial score (nSPS) is 15.1. The first-order valence-electron chi connectivity index (χ1n) is 9.25. The van der Waals surface area contributed by atoms with E-state index in [4.69, 9.17) is 11.6 Å². The van der Waals surface area contributed by atoms with Crippen LogP contribution in [0.4, 0.5) is 11.5 Å². The van der Waals surface area contributed by atoms with E-state index in [1.165, 1.54) is 0 Å². The van der Waals surface area contributed by atoms with Gasteiger partial charge in [-0.25, -0.2) is 9.97 Å². The molecule has 0 spiro atoms. The Balaban J connectivity index is 1.29. The minimum Gasteiger partial charge on any atom is -0.353 e. The Labute approximate surface area is 168 Å². The number of hydrogen-bond acceptors (Lipinski definition) is 6. The molecule has 0 bridgehead atoms. The van der Waals surface area contributed by atoms with Gasteiger partial charge in [0.25, 0.3) is 0 Å². The number of aryl methyl sites for hydroxylation is 1. The molecule has 0 unspecified atom stereocenters. The SMILES string of the molecule is Cn1ncc2c(N3CCN(CCC(=O)Nc4cccc(Cl)c4)CC3)ncnc21. The van der Waals surface area contributed by atoms with Gasteiger partial charge in [-0.1, -0.05) is 17.7 Å². The standard InChI is InChI=1S/C19H22ClN7O/c1-25-18-16(12-23-25)19(22-13-21-18)27-9-7-26(8-10-27)6-5-17(28)24-15-4-2-3-14(20)11-15/h2-4,11-13H,5-10H2,1H3,(H,24,28). The molecular weight excluding hydrogens is 378 g/mol. The number of anilines is 2. The lowest BCUT2D eigenvalue weighted by atomic mass is 10.2. The predicted molar refractivity (Wildman–Crippen MR) is 110 cm³/mol. The highest BCUT2D eigenvalue weighted by Gasteiger charge is 2.21. The van der Waals surface area contributed by atoms with Gasteiger partial charge in [0.1, 0.15) is 12.1 Å². The molecule has 0 radical (unpaired) electrons. The van der Waals surface area contributed by atoms with Crippen molar-refractivity contribution in [2.75, 3.05) is 42.9 Å². The first-order chi connectivity index (χ1) is 13.6. The maximum absolute atomic E-state index is 12.2. The van der Waals surface area contributed by atoms with E-state index in [2.05, 4.69) is 30.2 Å². The number of benzene rings is 1. The quantitative estimate of drug-likeness (QED) is 0.708. The highest BCUT2D eigenvalue weighted by Crippen LogP contribution is 2.23. The van der Waals surface area contributed by atoms with Crippen LogP contribution < -0.4 is 10.2 Å². The zero-order valence-electron chi connectivity index (χ0n) is 15.7. The Morgan fingerprint density at radius 3 is 2.82 bits per heavy atom. The third kappa shape index (κ3) is 4.07. The van der Waals surface area contributed by atoms with E-state index in [-0.39, 0.29) is 5.91 Å². The van der Waals surface area contributed by atoms with Gasteiger partial charge in [0.2, 0.25) is 5.91 Å². The van der Waals surface area contributed by atoms with Gasteiger partial charge in [-0.2, -0.15) is 5.10 Å². The van der Waals surface area contributed by atoms with Gasteiger partial charge in [-0.15, -0.1) is 0 Å². The molecule has 1 N–H and O–H groups in total. The van der Waals surface area contributed by atoms with Gasteiger partial charge >= 0.3 is 0 Å². The van der Waals surface area contributed by atoms with Crippen molar-refractivity contribution in [1.29, 1.82) is 0 Å². The lowest BCUT2D eigenvalue weighted by Crippen LogP contribution is -2.47. The number of amides is 1. The lowest BCUT2D eigenvalue weighted by molar-refractivity contribution is -0.116. The predicted octanol–water partition coefficient (Wildman–Crippen LogP) is 2.17. The zero-order chi connectivity index (χ0) is 19.5. The summed E-state index contributed by atoms with van der Waals surface area (Å²) in [4.78, 5) is 25.5. The van der Waals surface area contributed by atoms with Crippen molar-refractivity contribution >= 4 is 40.0 Å². The molecule has 0 aliphatic carbocycles. The molecule has 1 aliphatic heterocycles. The third-order valence-corrected chi connectivity index (χ3v) is 5.18. The number of nitrogens with zero attached hydrogens (tertiary/aromatic N) is 6. The number of piperazine rings is 1. The van der Waals surface area contributed by atoms with E-state index in [0.29, 0.717) is 11.4 Å². The van der Waals surface area contributed by atoms with Gasteiger partial charge in [0.05, 0.1) is 11.6 Å². The first kappa shape index (κ1) is 18.6. The van der Waals surface area contributed by atoms with E-state index < -0.39 is 0 Å². The van der Waals surface area contributed by atoms with Crippen LogP contribution in [0, 0.1) is 0 Å². The highest BCUT2D eigenvalue weighted by molar-refractivity contribution is 6.30. The number of carbonyl (C=O) groups is 1. The first-order valence-corrected chi connectivity index (χ1v) is 9.63. The Morgan fingerprint density at radius 2 is 2.04 bits per heavy atom. The Kier molecular flexibility index (Phi) is 5.40. The monoisotopic (exact) mass is 399 g/mol. The summed E-state index contributed by atoms with van der Waals surface area (Å²) in [5, 5.41) is 8.76. The van der Waals surface area contributed by atoms with Crippen molar-refractivity contribution in [2.45, 2.75) is 6.42 Å². The summed E-state index contributed by atoms with van der Waals surface area (Å²) in [6.07, 6.45) is 3.86. The number of aromatic nitrogens is 4. The average molecular weight is 400 g/mol. The van der Waals surface area contributed by atoms with Crippen LogP contribution in [-0.2, 0) is 11.8 Å². The molecule has 3 aromatic rings. The Morgan fingerprint density at radius 1 is 1.21 bits per heavy atom. The van der Waals surface area contributed by atoms with Gasteiger partial charge in [0, 0.05) is 56.9 Å². The maximum Gasteiger partial charge on any atom is 0.225 e. The lowest BCUT2D eigenvalue weighted by Gasteiger charge is -2.35. The number of halogens is 1. The largest absolute Gasteiger partial charge is 0.353 e. The van der Waals surface area contributed by atoms with Gasteiger partial charge in [-0.3, -0.25) is 14.4 Å². The minimum atomic E-state index is -0.00225. The smallest absolute Gasteiger partial charge is 0.225 e. The van der Waals surface area contributed by atoms with Crippen LogP contribution in [0.15, 0.2) is 36.8 Å². The molecule has 1 saturated heterocycles. The topological polar surface area (TPSA) is 79.2 Å². The zero-order valence-corrected chi connectivity index (χ0v) is 16.4. The molecule has 0 atom stereocenters. The van der Waals surface area contributed by atoms with E-state index >= 15 is 0 Å². The molecular formula is C19H22ClN7O. The summed E-state index contributed by atoms with van der Waals surface area (Å²) in [6.45, 7) is 4.21. The number of nitrogens with one attached hydrogen (secondary N) is 1. The van der Waals surface area contributed by atoms with Crippen LogP contribution in [0.5, 0.6) is 0 Å². The number of rotatable bonds is 5. The molecule has 9 heteroatoms. The van der Waals surface area contributed by atoms with Gasteiger partial charge in [-0.05, 0) is 18.2 Å². The average Bonchev–Trinajstić information content (AvgIpc) is 3.08. The number of fused-ring (bicyclic) bond motifs is 1. The fourth-order valence-corrected chi connectivity index (χ4v) is 3.62. The molecule has 3 heterocycles. The molecule has 0 saturated carbocycles. The van der Waals surface area contributed by atoms with Crippen molar-refractivity contribution in [3.05, 3.63) is 41.8 Å². The molecule has 1 amide bonds. The third-order valence-electron chi connectivity index (χ3n) is 4.94. The molecule has 28 heavy (non-hydrogen) atoms. The van der Waals surface area contributed by atoms with Crippen molar-refractivity contribution in [2.24, 2.45) is 7.05 Å². The van der Waals surface area contributed by atoms with E-state index in [9.17, 15) is 4.79 Å². The Bertz CT molecular complexity index is 981. The summed E-state index contributed by atoms with van der Waals surface area (Å²) >= 11 is 5.95. The minimum absolute atomic E-state index is 0.00225. The van der Waals surface area contributed by atoms with Crippen molar-refractivity contribution in [3.63, 3.8) is 0 Å². The summed E-state index contributed by atoms with van der Waals surface area (Å²) in [7, 11) is 1.88. The fraction of sp³-hybridized carbons (Fsp3) is 0.368. The summed E-state index contributed by atoms with van der Waals surface area (Å²) in [6, 6.07) is 7.19. The van der Waals surface area contributed by atoms with Crippen LogP contribution in [0.3, 0.4) is 0 Å². The van der Waals surface area contributed by atoms with Gasteiger partial charge in [0.15, 0.2) is 5.65 Å². The molecule has 1 aromatic carbocycles. The van der Waals surface area contributed by atoms with Crippen LogP contribution >= 0.6 is 11.6 Å². The molecule has 1 fully saturated rings. The van der Waals surface area contributed by atoms with Crippen LogP contribution in [-0.4, -0.2) is 63.3 Å². The van der Waals surface area contributed by atoms with Crippen LogP contribution in [0.1, 0.15) is 6.42 Å². The van der Waals surface area contributed by atoms with Gasteiger partial charge < -0.3 is 10.2 Å². The second-order valence-electron chi connectivity index (χ2n) is 6.84. The van der Waals surface area contributed by atoms with Crippen molar-refractivity contribution in [3.8, 4) is 0 Å². The highest BCUT2D eigenvalue weighted by atomic mass is 35.5. The van der Waals surface area contributed by atoms with Crippen LogP contribution in [0.2, 0.25) is 5.02 Å². The molecule has 4 rings (SSSR count). The molecule has 8 nitrogen and oxygen atoms in total. The second kappa shape index (κ2) is 8.12. The van der Waals surface area contributed by atoms with Crippen molar-refractivity contribution in [1.82, 2.24) is 24.6 Å².